The van der Waals surface area contributed by atoms with Gasteiger partial charge in [0.1, 0.15) is 11.4 Å². The Hall–Kier alpha value is -2.84. The second kappa shape index (κ2) is 10.3. The fourth-order valence-corrected chi connectivity index (χ4v) is 3.00. The van der Waals surface area contributed by atoms with Gasteiger partial charge in [-0.3, -0.25) is 4.57 Å². The maximum Gasteiger partial charge on any atom is 0.407 e. The van der Waals surface area contributed by atoms with E-state index in [1.807, 2.05) is 27.7 Å². The topological polar surface area (TPSA) is 94.2 Å². The number of hydrogen-bond acceptors (Lipinski definition) is 5. The SMILES string of the molecule is CC(CCCCNC(=O)OC(C)(C)C)Nc1c(N)cccc1-c1nccn1C(F)F. The summed E-state index contributed by atoms with van der Waals surface area (Å²) in [6.07, 6.45) is 4.62. The van der Waals surface area contributed by atoms with Crippen LogP contribution < -0.4 is 16.4 Å². The fourth-order valence-electron chi connectivity index (χ4n) is 3.00. The minimum Gasteiger partial charge on any atom is -0.444 e. The van der Waals surface area contributed by atoms with Gasteiger partial charge in [-0.25, -0.2) is 9.78 Å². The van der Waals surface area contributed by atoms with Gasteiger partial charge < -0.3 is 21.1 Å². The van der Waals surface area contributed by atoms with Crippen LogP contribution in [0.4, 0.5) is 25.0 Å². The first kappa shape index (κ1) is 23.4. The standard InChI is InChI=1S/C21H31F2N5O2/c1-14(8-5-6-11-26-20(29)30-21(2,3)4)27-17-15(9-7-10-16(17)24)18-25-12-13-28(18)19(22)23/h7,9-10,12-14,19,27H,5-6,8,11,24H2,1-4H3,(H,26,29). The molecular formula is C21H31F2N5O2. The Morgan fingerprint density at radius 2 is 2.03 bits per heavy atom. The van der Waals surface area contributed by atoms with E-state index in [2.05, 4.69) is 15.6 Å². The van der Waals surface area contributed by atoms with Gasteiger partial charge in [-0.1, -0.05) is 6.07 Å². The molecule has 0 bridgehead atoms. The van der Waals surface area contributed by atoms with Gasteiger partial charge in [-0.15, -0.1) is 0 Å². The zero-order valence-corrected chi connectivity index (χ0v) is 17.9. The highest BCUT2D eigenvalue weighted by Crippen LogP contribution is 2.34. The molecule has 0 spiro atoms. The molecule has 1 atom stereocenters. The Morgan fingerprint density at radius 1 is 1.30 bits per heavy atom. The number of amides is 1. The van der Waals surface area contributed by atoms with Crippen molar-refractivity contribution in [2.24, 2.45) is 0 Å². The van der Waals surface area contributed by atoms with E-state index in [1.165, 1.54) is 12.4 Å². The van der Waals surface area contributed by atoms with Crippen molar-refractivity contribution >= 4 is 17.5 Å². The molecule has 7 nitrogen and oxygen atoms in total. The first-order valence-electron chi connectivity index (χ1n) is 10.0. The smallest absolute Gasteiger partial charge is 0.407 e. The molecule has 1 amide bonds. The Kier molecular flexibility index (Phi) is 8.02. The van der Waals surface area contributed by atoms with E-state index in [0.29, 0.717) is 23.5 Å². The molecule has 1 heterocycles. The summed E-state index contributed by atoms with van der Waals surface area (Å²) in [4.78, 5) is 15.7. The summed E-state index contributed by atoms with van der Waals surface area (Å²) in [5.41, 5.74) is 7.18. The van der Waals surface area contributed by atoms with E-state index in [9.17, 15) is 13.6 Å². The molecule has 0 aliphatic carbocycles. The molecule has 9 heteroatoms. The number of nitrogens with one attached hydrogen (secondary N) is 2. The Labute approximate surface area is 176 Å². The van der Waals surface area contributed by atoms with Crippen LogP contribution in [-0.4, -0.2) is 33.8 Å². The zero-order chi connectivity index (χ0) is 22.3. The van der Waals surface area contributed by atoms with Crippen molar-refractivity contribution in [3.63, 3.8) is 0 Å². The van der Waals surface area contributed by atoms with E-state index < -0.39 is 18.2 Å². The lowest BCUT2D eigenvalue weighted by atomic mass is 10.1. The third-order valence-electron chi connectivity index (χ3n) is 4.34. The van der Waals surface area contributed by atoms with Crippen molar-refractivity contribution in [2.75, 3.05) is 17.6 Å². The number of aromatic nitrogens is 2. The van der Waals surface area contributed by atoms with Crippen molar-refractivity contribution in [1.29, 1.82) is 0 Å². The van der Waals surface area contributed by atoms with Crippen LogP contribution in [0.5, 0.6) is 0 Å². The van der Waals surface area contributed by atoms with Gasteiger partial charge in [0.05, 0.1) is 11.4 Å². The number of nitrogens with two attached hydrogens (primary N) is 1. The Bertz CT molecular complexity index is 833. The molecule has 0 aliphatic rings. The molecule has 4 N–H and O–H groups in total. The zero-order valence-electron chi connectivity index (χ0n) is 17.9. The van der Waals surface area contributed by atoms with Crippen LogP contribution in [0.15, 0.2) is 30.6 Å². The lowest BCUT2D eigenvalue weighted by Crippen LogP contribution is -2.33. The normalized spacial score (nSPS) is 12.6. The molecule has 2 rings (SSSR count). The molecule has 1 aromatic heterocycles. The summed E-state index contributed by atoms with van der Waals surface area (Å²) in [7, 11) is 0. The number of nitrogen functional groups attached to an aromatic ring is 1. The van der Waals surface area contributed by atoms with Crippen LogP contribution >= 0.6 is 0 Å². The van der Waals surface area contributed by atoms with E-state index in [1.54, 1.807) is 18.2 Å². The van der Waals surface area contributed by atoms with E-state index >= 15 is 0 Å². The average Bonchev–Trinajstić information content (AvgIpc) is 3.11. The average molecular weight is 424 g/mol. The molecule has 2 aromatic rings. The second-order valence-electron chi connectivity index (χ2n) is 8.18. The molecule has 0 aliphatic heterocycles. The number of ether oxygens (including phenoxy) is 1. The number of unbranched alkanes of at least 4 members (excludes halogenated alkanes) is 1. The fraction of sp³-hybridized carbons (Fsp3) is 0.524. The highest BCUT2D eigenvalue weighted by atomic mass is 19.3. The molecule has 0 saturated heterocycles. The summed E-state index contributed by atoms with van der Waals surface area (Å²) in [6, 6.07) is 5.20. The van der Waals surface area contributed by atoms with Gasteiger partial charge in [0.2, 0.25) is 0 Å². The largest absolute Gasteiger partial charge is 0.444 e. The molecule has 1 unspecified atom stereocenters. The highest BCUT2D eigenvalue weighted by molar-refractivity contribution is 5.84. The van der Waals surface area contributed by atoms with Crippen LogP contribution in [0.2, 0.25) is 0 Å². The number of halogens is 2. The Morgan fingerprint density at radius 3 is 2.70 bits per heavy atom. The number of imidazole rings is 1. The van der Waals surface area contributed by atoms with Crippen LogP contribution in [0.1, 0.15) is 53.5 Å². The molecule has 166 valence electrons. The molecule has 0 radical (unpaired) electrons. The van der Waals surface area contributed by atoms with Gasteiger partial charge in [-0.05, 0) is 59.1 Å². The second-order valence-corrected chi connectivity index (χ2v) is 8.18. The van der Waals surface area contributed by atoms with Crippen molar-refractivity contribution < 1.29 is 18.3 Å². The van der Waals surface area contributed by atoms with Gasteiger partial charge >= 0.3 is 12.6 Å². The number of para-hydroxylation sites is 1. The van der Waals surface area contributed by atoms with E-state index in [4.69, 9.17) is 10.5 Å². The summed E-state index contributed by atoms with van der Waals surface area (Å²) in [5.74, 6) is 0.161. The summed E-state index contributed by atoms with van der Waals surface area (Å²) in [6.45, 7) is 5.28. The monoisotopic (exact) mass is 423 g/mol. The third kappa shape index (κ3) is 6.89. The minimum absolute atomic E-state index is 0.0462. The number of nitrogens with zero attached hydrogens (tertiary/aromatic N) is 2. The quantitative estimate of drug-likeness (QED) is 0.389. The van der Waals surface area contributed by atoms with Crippen LogP contribution in [0, 0.1) is 0 Å². The van der Waals surface area contributed by atoms with E-state index in [0.717, 1.165) is 23.8 Å². The number of rotatable bonds is 9. The molecule has 0 saturated carbocycles. The van der Waals surface area contributed by atoms with Gasteiger partial charge in [0.25, 0.3) is 0 Å². The molecule has 1 aromatic carbocycles. The molecule has 0 fully saturated rings. The van der Waals surface area contributed by atoms with Crippen LogP contribution in [0.3, 0.4) is 0 Å². The predicted molar refractivity (Wildman–Crippen MR) is 115 cm³/mol. The number of alkyl carbamates (subject to hydrolysis) is 1. The minimum atomic E-state index is -2.69. The number of benzene rings is 1. The van der Waals surface area contributed by atoms with Crippen molar-refractivity contribution in [3.8, 4) is 11.4 Å². The Balaban J connectivity index is 1.91. The lowest BCUT2D eigenvalue weighted by Gasteiger charge is -2.21. The summed E-state index contributed by atoms with van der Waals surface area (Å²) < 4.78 is 32.5. The van der Waals surface area contributed by atoms with Crippen LogP contribution in [0.25, 0.3) is 11.4 Å². The predicted octanol–water partition coefficient (Wildman–Crippen LogP) is 5.02. The first-order chi connectivity index (χ1) is 14.1. The van der Waals surface area contributed by atoms with Crippen molar-refractivity contribution in [1.82, 2.24) is 14.9 Å². The van der Waals surface area contributed by atoms with E-state index in [-0.39, 0.29) is 11.9 Å². The maximum absolute atomic E-state index is 13.3. The molecule has 30 heavy (non-hydrogen) atoms. The van der Waals surface area contributed by atoms with Crippen molar-refractivity contribution in [3.05, 3.63) is 30.6 Å². The van der Waals surface area contributed by atoms with Crippen LogP contribution in [-0.2, 0) is 4.74 Å². The first-order valence-corrected chi connectivity index (χ1v) is 10.0. The summed E-state index contributed by atoms with van der Waals surface area (Å²) in [5, 5.41) is 6.06. The van der Waals surface area contributed by atoms with Gasteiger partial charge in [0.15, 0.2) is 0 Å². The van der Waals surface area contributed by atoms with Crippen molar-refractivity contribution in [2.45, 2.75) is 65.1 Å². The lowest BCUT2D eigenvalue weighted by molar-refractivity contribution is 0.0526. The molecular weight excluding hydrogens is 392 g/mol. The maximum atomic E-state index is 13.3. The number of carbonyl (C=O) groups is 1. The number of carbonyl (C=O) groups excluding carboxylic acids is 1. The summed E-state index contributed by atoms with van der Waals surface area (Å²) >= 11 is 0. The number of hydrogen-bond donors (Lipinski definition) is 3. The van der Waals surface area contributed by atoms with Gasteiger partial charge in [0, 0.05) is 30.5 Å². The highest BCUT2D eigenvalue weighted by Gasteiger charge is 2.19. The van der Waals surface area contributed by atoms with Gasteiger partial charge in [-0.2, -0.15) is 8.78 Å². The number of alkyl halides is 2. The number of anilines is 2. The third-order valence-corrected chi connectivity index (χ3v) is 4.34.